The average Bonchev–Trinajstić information content (AvgIpc) is 3.01. The van der Waals surface area contributed by atoms with Crippen LogP contribution in [0.3, 0.4) is 0 Å². The molecule has 0 bridgehead atoms. The highest BCUT2D eigenvalue weighted by Crippen LogP contribution is 2.12. The van der Waals surface area contributed by atoms with Crippen LogP contribution in [0.2, 0.25) is 0 Å². The van der Waals surface area contributed by atoms with Gasteiger partial charge in [-0.2, -0.15) is 0 Å². The number of rotatable bonds is 6. The Balaban J connectivity index is 2.14. The Bertz CT molecular complexity index is 576. The van der Waals surface area contributed by atoms with E-state index in [-0.39, 0.29) is 24.5 Å². The summed E-state index contributed by atoms with van der Waals surface area (Å²) in [5.74, 6) is 0.185. The van der Waals surface area contributed by atoms with E-state index in [1.54, 1.807) is 6.07 Å². The number of hydrogen-bond acceptors (Lipinski definition) is 2. The Morgan fingerprint density at radius 1 is 1.24 bits per heavy atom. The molecule has 1 aromatic carbocycles. The van der Waals surface area contributed by atoms with Gasteiger partial charge in [0, 0.05) is 36.3 Å². The van der Waals surface area contributed by atoms with Gasteiger partial charge in [-0.25, -0.2) is 0 Å². The van der Waals surface area contributed by atoms with E-state index >= 15 is 0 Å². The molecule has 2 aromatic rings. The number of aliphatic hydroxyl groups excluding tert-OH is 1. The van der Waals surface area contributed by atoms with E-state index in [1.165, 1.54) is 0 Å². The number of aromatic nitrogens is 1. The van der Waals surface area contributed by atoms with Gasteiger partial charge in [-0.05, 0) is 42.7 Å². The van der Waals surface area contributed by atoms with E-state index in [0.29, 0.717) is 12.0 Å². The van der Waals surface area contributed by atoms with Gasteiger partial charge in [-0.15, -0.1) is 0 Å². The molecule has 21 heavy (non-hydrogen) atoms. The Morgan fingerprint density at radius 2 is 1.95 bits per heavy atom. The van der Waals surface area contributed by atoms with Crippen molar-refractivity contribution in [3.05, 3.63) is 54.4 Å². The normalized spacial score (nSPS) is 12.4. The minimum atomic E-state index is -0.101. The zero-order chi connectivity index (χ0) is 15.2. The third kappa shape index (κ3) is 3.95. The first kappa shape index (κ1) is 15.3. The van der Waals surface area contributed by atoms with E-state index < -0.39 is 0 Å². The summed E-state index contributed by atoms with van der Waals surface area (Å²) < 4.78 is 1.96. The Kier molecular flexibility index (Phi) is 5.17. The van der Waals surface area contributed by atoms with Gasteiger partial charge in [-0.3, -0.25) is 4.79 Å². The highest BCUT2D eigenvalue weighted by molar-refractivity contribution is 5.94. The largest absolute Gasteiger partial charge is 0.396 e. The molecule has 0 aliphatic carbocycles. The molecule has 0 spiro atoms. The van der Waals surface area contributed by atoms with Gasteiger partial charge in [0.25, 0.3) is 5.91 Å². The number of carbonyl (C=O) groups excluding carboxylic acids is 1. The van der Waals surface area contributed by atoms with Crippen molar-refractivity contribution in [3.63, 3.8) is 0 Å². The van der Waals surface area contributed by atoms with Gasteiger partial charge in [-0.1, -0.05) is 19.9 Å². The zero-order valence-electron chi connectivity index (χ0n) is 12.5. The molecule has 4 nitrogen and oxygen atoms in total. The van der Waals surface area contributed by atoms with Crippen LogP contribution in [0.15, 0.2) is 48.8 Å². The molecule has 1 amide bonds. The summed E-state index contributed by atoms with van der Waals surface area (Å²) in [7, 11) is 0. The van der Waals surface area contributed by atoms with Crippen LogP contribution >= 0.6 is 0 Å². The van der Waals surface area contributed by atoms with E-state index in [2.05, 4.69) is 5.32 Å². The van der Waals surface area contributed by atoms with Crippen molar-refractivity contribution in [1.82, 2.24) is 9.88 Å². The molecule has 0 aliphatic heterocycles. The molecule has 0 saturated heterocycles. The number of nitrogens with zero attached hydrogens (tertiary/aromatic N) is 1. The van der Waals surface area contributed by atoms with Crippen LogP contribution in [-0.2, 0) is 0 Å². The van der Waals surface area contributed by atoms with Crippen LogP contribution in [-0.4, -0.2) is 28.2 Å². The molecule has 0 fully saturated rings. The first-order valence-electron chi connectivity index (χ1n) is 7.27. The van der Waals surface area contributed by atoms with Crippen molar-refractivity contribution in [3.8, 4) is 5.69 Å². The first-order chi connectivity index (χ1) is 10.1. The molecule has 4 heteroatoms. The fourth-order valence-corrected chi connectivity index (χ4v) is 2.28. The molecule has 1 unspecified atom stereocenters. The third-order valence-corrected chi connectivity index (χ3v) is 3.57. The molecular formula is C17H22N2O2. The highest BCUT2D eigenvalue weighted by atomic mass is 16.3. The summed E-state index contributed by atoms with van der Waals surface area (Å²) >= 11 is 0. The van der Waals surface area contributed by atoms with Crippen molar-refractivity contribution in [2.24, 2.45) is 5.92 Å². The number of amides is 1. The van der Waals surface area contributed by atoms with Gasteiger partial charge in [0.1, 0.15) is 0 Å². The smallest absolute Gasteiger partial charge is 0.251 e. The summed E-state index contributed by atoms with van der Waals surface area (Å²) in [5, 5.41) is 12.1. The highest BCUT2D eigenvalue weighted by Gasteiger charge is 2.16. The number of nitrogens with one attached hydrogen (secondary N) is 1. The van der Waals surface area contributed by atoms with E-state index in [1.807, 2.05) is 61.1 Å². The SMILES string of the molecule is CC(C)C(CCO)NC(=O)c1cccc(-n2cccc2)c1. The summed E-state index contributed by atoms with van der Waals surface area (Å²) in [6.45, 7) is 4.15. The Morgan fingerprint density at radius 3 is 2.57 bits per heavy atom. The van der Waals surface area contributed by atoms with Crippen molar-refractivity contribution in [1.29, 1.82) is 0 Å². The predicted octanol–water partition coefficient (Wildman–Crippen LogP) is 2.61. The van der Waals surface area contributed by atoms with Crippen LogP contribution in [0.25, 0.3) is 5.69 Å². The fourth-order valence-electron chi connectivity index (χ4n) is 2.28. The Labute approximate surface area is 125 Å². The molecule has 0 saturated carbocycles. The monoisotopic (exact) mass is 286 g/mol. The van der Waals surface area contributed by atoms with Crippen LogP contribution in [0.5, 0.6) is 0 Å². The number of aliphatic hydroxyl groups is 1. The maximum Gasteiger partial charge on any atom is 0.251 e. The molecule has 112 valence electrons. The topological polar surface area (TPSA) is 54.3 Å². The van der Waals surface area contributed by atoms with Gasteiger partial charge in [0.2, 0.25) is 0 Å². The van der Waals surface area contributed by atoms with Gasteiger partial charge in [0.05, 0.1) is 0 Å². The van der Waals surface area contributed by atoms with Crippen molar-refractivity contribution in [2.45, 2.75) is 26.3 Å². The van der Waals surface area contributed by atoms with Crippen molar-refractivity contribution >= 4 is 5.91 Å². The molecule has 1 atom stereocenters. The zero-order valence-corrected chi connectivity index (χ0v) is 12.5. The second-order valence-corrected chi connectivity index (χ2v) is 5.48. The van der Waals surface area contributed by atoms with E-state index in [0.717, 1.165) is 5.69 Å². The third-order valence-electron chi connectivity index (χ3n) is 3.57. The lowest BCUT2D eigenvalue weighted by Gasteiger charge is -2.21. The quantitative estimate of drug-likeness (QED) is 0.857. The summed E-state index contributed by atoms with van der Waals surface area (Å²) in [6.07, 6.45) is 4.46. The first-order valence-corrected chi connectivity index (χ1v) is 7.27. The second-order valence-electron chi connectivity index (χ2n) is 5.48. The van der Waals surface area contributed by atoms with Gasteiger partial charge in [0.15, 0.2) is 0 Å². The molecule has 1 aromatic heterocycles. The Hall–Kier alpha value is -2.07. The second kappa shape index (κ2) is 7.09. The molecule has 0 aliphatic rings. The molecular weight excluding hydrogens is 264 g/mol. The average molecular weight is 286 g/mol. The van der Waals surface area contributed by atoms with Gasteiger partial charge >= 0.3 is 0 Å². The number of hydrogen-bond donors (Lipinski definition) is 2. The van der Waals surface area contributed by atoms with E-state index in [4.69, 9.17) is 5.11 Å². The number of benzene rings is 1. The predicted molar refractivity (Wildman–Crippen MR) is 83.6 cm³/mol. The lowest BCUT2D eigenvalue weighted by molar-refractivity contribution is 0.0916. The van der Waals surface area contributed by atoms with Crippen molar-refractivity contribution in [2.75, 3.05) is 6.61 Å². The van der Waals surface area contributed by atoms with Crippen LogP contribution < -0.4 is 5.32 Å². The fraction of sp³-hybridized carbons (Fsp3) is 0.353. The van der Waals surface area contributed by atoms with Gasteiger partial charge < -0.3 is 15.0 Å². The molecule has 2 rings (SSSR count). The maximum absolute atomic E-state index is 12.4. The summed E-state index contributed by atoms with van der Waals surface area (Å²) in [5.41, 5.74) is 1.58. The minimum Gasteiger partial charge on any atom is -0.396 e. The minimum absolute atomic E-state index is 0.0160. The van der Waals surface area contributed by atoms with E-state index in [9.17, 15) is 4.79 Å². The van der Waals surface area contributed by atoms with Crippen molar-refractivity contribution < 1.29 is 9.90 Å². The maximum atomic E-state index is 12.4. The summed E-state index contributed by atoms with van der Waals surface area (Å²) in [6, 6.07) is 11.4. The lowest BCUT2D eigenvalue weighted by atomic mass is 10.0. The molecule has 2 N–H and O–H groups in total. The molecule has 1 heterocycles. The standard InChI is InChI=1S/C17H22N2O2/c1-13(2)16(8-11-20)18-17(21)14-6-5-7-15(12-14)19-9-3-4-10-19/h3-7,9-10,12-13,16,20H,8,11H2,1-2H3,(H,18,21). The lowest BCUT2D eigenvalue weighted by Crippen LogP contribution is -2.39. The summed E-state index contributed by atoms with van der Waals surface area (Å²) in [4.78, 5) is 12.4. The number of carbonyl (C=O) groups is 1. The van der Waals surface area contributed by atoms with Crippen LogP contribution in [0.1, 0.15) is 30.6 Å². The van der Waals surface area contributed by atoms with Crippen LogP contribution in [0.4, 0.5) is 0 Å². The molecule has 0 radical (unpaired) electrons. The van der Waals surface area contributed by atoms with Crippen LogP contribution in [0, 0.1) is 5.92 Å².